The Morgan fingerprint density at radius 2 is 0.513 bits per heavy atom. The zero-order valence-electron chi connectivity index (χ0n) is 49.6. The van der Waals surface area contributed by atoms with Crippen molar-refractivity contribution in [1.29, 1.82) is 0 Å². The van der Waals surface area contributed by atoms with Gasteiger partial charge in [0.25, 0.3) is 0 Å². The monoisotopic (exact) mass is 1070 g/mol. The zero-order valence-corrected chi connectivity index (χ0v) is 49.6. The predicted octanol–water partition coefficient (Wildman–Crippen LogP) is 21.3. The van der Waals surface area contributed by atoms with Crippen LogP contribution < -0.4 is 0 Å². The average Bonchev–Trinajstić information content (AvgIpc) is 3.44. The van der Waals surface area contributed by atoms with Gasteiger partial charge in [-0.25, -0.2) is 0 Å². The van der Waals surface area contributed by atoms with Crippen molar-refractivity contribution in [2.45, 2.75) is 239 Å². The third-order valence-corrected chi connectivity index (χ3v) is 12.1. The molecule has 1 unspecified atom stereocenters. The first-order valence-electron chi connectivity index (χ1n) is 30.8. The first kappa shape index (κ1) is 72.5. The van der Waals surface area contributed by atoms with Gasteiger partial charge in [-0.3, -0.25) is 14.4 Å². The molecule has 0 aliphatic heterocycles. The van der Waals surface area contributed by atoms with Gasteiger partial charge in [0.2, 0.25) is 0 Å². The molecule has 78 heavy (non-hydrogen) atoms. The topological polar surface area (TPSA) is 78.9 Å². The van der Waals surface area contributed by atoms with Crippen LogP contribution in [0.15, 0.2) is 182 Å². The van der Waals surface area contributed by atoms with Crippen LogP contribution in [0, 0.1) is 0 Å². The van der Waals surface area contributed by atoms with Gasteiger partial charge in [-0.05, 0) is 148 Å². The van der Waals surface area contributed by atoms with Crippen molar-refractivity contribution in [3.8, 4) is 0 Å². The van der Waals surface area contributed by atoms with Crippen LogP contribution in [0.3, 0.4) is 0 Å². The number of carbonyl (C=O) groups is 3. The summed E-state index contributed by atoms with van der Waals surface area (Å²) < 4.78 is 16.8. The summed E-state index contributed by atoms with van der Waals surface area (Å²) in [6.07, 6.45) is 96.1. The van der Waals surface area contributed by atoms with Crippen molar-refractivity contribution < 1.29 is 28.6 Å². The van der Waals surface area contributed by atoms with Crippen molar-refractivity contribution in [3.63, 3.8) is 0 Å². The molecule has 0 spiro atoms. The Labute approximate surface area is 478 Å². The van der Waals surface area contributed by atoms with E-state index < -0.39 is 12.1 Å². The third-order valence-electron chi connectivity index (χ3n) is 12.1. The molecule has 434 valence electrons. The number of esters is 3. The molecule has 0 aromatic heterocycles. The van der Waals surface area contributed by atoms with E-state index in [0.717, 1.165) is 135 Å². The first-order valence-corrected chi connectivity index (χ1v) is 30.8. The van der Waals surface area contributed by atoms with Gasteiger partial charge in [-0.2, -0.15) is 0 Å². The van der Waals surface area contributed by atoms with E-state index in [1.807, 2.05) is 0 Å². The van der Waals surface area contributed by atoms with Gasteiger partial charge in [0.05, 0.1) is 0 Å². The molecule has 0 radical (unpaired) electrons. The van der Waals surface area contributed by atoms with Crippen LogP contribution in [-0.4, -0.2) is 37.2 Å². The Bertz CT molecular complexity index is 1850. The van der Waals surface area contributed by atoms with Gasteiger partial charge in [0.15, 0.2) is 6.10 Å². The second-order valence-electron chi connectivity index (χ2n) is 19.5. The lowest BCUT2D eigenvalue weighted by molar-refractivity contribution is -0.167. The summed E-state index contributed by atoms with van der Waals surface area (Å²) in [4.78, 5) is 38.2. The Morgan fingerprint density at radius 1 is 0.269 bits per heavy atom. The number of rotatable bonds is 53. The van der Waals surface area contributed by atoms with Crippen LogP contribution in [0.1, 0.15) is 233 Å². The van der Waals surface area contributed by atoms with Gasteiger partial charge >= 0.3 is 17.9 Å². The number of unbranched alkanes of at least 4 members (excludes halogenated alkanes) is 12. The molecule has 0 bridgehead atoms. The van der Waals surface area contributed by atoms with Crippen molar-refractivity contribution >= 4 is 17.9 Å². The highest BCUT2D eigenvalue weighted by Gasteiger charge is 2.19. The molecule has 0 saturated heterocycles. The van der Waals surface area contributed by atoms with Gasteiger partial charge in [-0.15, -0.1) is 0 Å². The van der Waals surface area contributed by atoms with Gasteiger partial charge in [0, 0.05) is 19.3 Å². The molecule has 0 fully saturated rings. The summed E-state index contributed by atoms with van der Waals surface area (Å²) in [5.74, 6) is -1.07. The van der Waals surface area contributed by atoms with E-state index in [-0.39, 0.29) is 38.0 Å². The molecule has 0 aromatic rings. The van der Waals surface area contributed by atoms with E-state index in [1.54, 1.807) is 0 Å². The molecule has 0 rings (SSSR count). The van der Waals surface area contributed by atoms with Crippen molar-refractivity contribution in [1.82, 2.24) is 0 Å². The lowest BCUT2D eigenvalue weighted by Crippen LogP contribution is -2.30. The van der Waals surface area contributed by atoms with E-state index in [1.165, 1.54) is 44.9 Å². The van der Waals surface area contributed by atoms with Crippen LogP contribution >= 0.6 is 0 Å². The molecular weight excluding hydrogens is 961 g/mol. The summed E-state index contributed by atoms with van der Waals surface area (Å²) in [6.45, 7) is 6.28. The first-order chi connectivity index (χ1) is 38.5. The summed E-state index contributed by atoms with van der Waals surface area (Å²) >= 11 is 0. The number of hydrogen-bond acceptors (Lipinski definition) is 6. The van der Waals surface area contributed by atoms with Crippen LogP contribution in [0.5, 0.6) is 0 Å². The minimum Gasteiger partial charge on any atom is -0.462 e. The van der Waals surface area contributed by atoms with Crippen molar-refractivity contribution in [3.05, 3.63) is 182 Å². The highest BCUT2D eigenvalue weighted by atomic mass is 16.6. The summed E-state index contributed by atoms with van der Waals surface area (Å²) in [7, 11) is 0. The molecular formula is C72H110O6. The number of ether oxygens (including phenoxy) is 3. The van der Waals surface area contributed by atoms with E-state index in [0.29, 0.717) is 19.3 Å². The van der Waals surface area contributed by atoms with Crippen molar-refractivity contribution in [2.75, 3.05) is 13.2 Å². The highest BCUT2D eigenvalue weighted by molar-refractivity contribution is 5.71. The minimum atomic E-state index is -0.847. The molecule has 0 aliphatic rings. The Morgan fingerprint density at radius 3 is 0.846 bits per heavy atom. The fourth-order valence-electron chi connectivity index (χ4n) is 7.59. The maximum Gasteiger partial charge on any atom is 0.306 e. The standard InChI is InChI=1S/C72H110O6/c1-4-7-10-13-16-19-22-25-28-30-32-34-36-38-40-42-44-47-50-53-56-59-62-65-71(74)77-68-69(67-76-70(73)64-61-58-55-52-49-46-27-24-21-18-15-12-9-6-3)78-72(75)66-63-60-57-54-51-48-45-43-41-39-37-35-33-31-29-26-23-20-17-14-11-8-5-2/h7-8,10-11,16-17,19-20,24-29,32-35,38-41,44-45,47-48,53-54,56-57,69H,4-6,9,12-15,18,21-23,30-31,36-37,42-43,46,49-52,55,58-68H2,1-3H3/b10-7-,11-8-,19-16-,20-17-,27-24-,28-25-,29-26-,34-32-,35-33-,40-38-,41-39-,47-44-,48-45-,56-53-,57-54-. The third kappa shape index (κ3) is 61.4. The summed E-state index contributed by atoms with van der Waals surface area (Å²) in [5.41, 5.74) is 0. The fraction of sp³-hybridized carbons (Fsp3) is 0.542. The smallest absolute Gasteiger partial charge is 0.306 e. The van der Waals surface area contributed by atoms with E-state index in [9.17, 15) is 14.4 Å². The SMILES string of the molecule is CC/C=C\C/C=C\C/C=C\C/C=C\C/C=C\C/C=C\C/C=C\CCCC(=O)OCC(COC(=O)CCCCCCC/C=C\CCCCCCC)OC(=O)CCC/C=C\C/C=C\C/C=C\C/C=C\C/C=C\C/C=C\C/C=C\CC. The normalized spacial score (nSPS) is 13.4. The maximum absolute atomic E-state index is 12.9. The molecule has 6 nitrogen and oxygen atoms in total. The lowest BCUT2D eigenvalue weighted by Gasteiger charge is -2.18. The largest absolute Gasteiger partial charge is 0.462 e. The average molecular weight is 1070 g/mol. The molecule has 1 atom stereocenters. The van der Waals surface area contributed by atoms with Gasteiger partial charge in [0.1, 0.15) is 13.2 Å². The van der Waals surface area contributed by atoms with Crippen LogP contribution in [0.2, 0.25) is 0 Å². The second-order valence-corrected chi connectivity index (χ2v) is 19.5. The highest BCUT2D eigenvalue weighted by Crippen LogP contribution is 2.12. The predicted molar refractivity (Wildman–Crippen MR) is 338 cm³/mol. The van der Waals surface area contributed by atoms with E-state index in [4.69, 9.17) is 14.2 Å². The Hall–Kier alpha value is -5.49. The van der Waals surface area contributed by atoms with Crippen LogP contribution in [0.4, 0.5) is 0 Å². The van der Waals surface area contributed by atoms with Crippen molar-refractivity contribution in [2.24, 2.45) is 0 Å². The Kier molecular flexibility index (Phi) is 59.5. The minimum absolute atomic E-state index is 0.133. The molecule has 0 amide bonds. The number of carbonyl (C=O) groups excluding carboxylic acids is 3. The fourth-order valence-corrected chi connectivity index (χ4v) is 7.59. The molecule has 0 saturated carbocycles. The van der Waals surface area contributed by atoms with Gasteiger partial charge in [-0.1, -0.05) is 248 Å². The Balaban J connectivity index is 4.62. The van der Waals surface area contributed by atoms with Gasteiger partial charge < -0.3 is 14.2 Å². The lowest BCUT2D eigenvalue weighted by atomic mass is 10.1. The summed E-state index contributed by atoms with van der Waals surface area (Å²) in [6, 6.07) is 0. The van der Waals surface area contributed by atoms with E-state index in [2.05, 4.69) is 203 Å². The zero-order chi connectivity index (χ0) is 56.4. The molecule has 0 aromatic carbocycles. The number of allylic oxidation sites excluding steroid dienone is 30. The molecule has 6 heteroatoms. The maximum atomic E-state index is 12.9. The summed E-state index contributed by atoms with van der Waals surface area (Å²) in [5, 5.41) is 0. The number of hydrogen-bond donors (Lipinski definition) is 0. The molecule has 0 heterocycles. The van der Waals surface area contributed by atoms with E-state index >= 15 is 0 Å². The molecule has 0 aliphatic carbocycles. The van der Waals surface area contributed by atoms with Crippen LogP contribution in [-0.2, 0) is 28.6 Å². The quantitative estimate of drug-likeness (QED) is 0.0261. The molecule has 0 N–H and O–H groups in total. The van der Waals surface area contributed by atoms with Crippen LogP contribution in [0.25, 0.3) is 0 Å². The second kappa shape index (κ2) is 64.0.